The fourth-order valence-corrected chi connectivity index (χ4v) is 2.56. The van der Waals surface area contributed by atoms with Crippen LogP contribution in [0.5, 0.6) is 5.75 Å². The van der Waals surface area contributed by atoms with Gasteiger partial charge in [0.05, 0.1) is 7.11 Å². The first-order valence-electron chi connectivity index (χ1n) is 7.61. The Morgan fingerprint density at radius 3 is 2.48 bits per heavy atom. The second-order valence-corrected chi connectivity index (χ2v) is 5.52. The molecule has 112 valence electrons. The highest BCUT2D eigenvalue weighted by Gasteiger charge is 2.09. The molecule has 0 saturated heterocycles. The van der Waals surface area contributed by atoms with Crippen LogP contribution in [0.15, 0.2) is 36.4 Å². The zero-order valence-electron chi connectivity index (χ0n) is 13.5. The van der Waals surface area contributed by atoms with Crippen molar-refractivity contribution in [1.82, 2.24) is 5.32 Å². The third-order valence-electron chi connectivity index (χ3n) is 3.73. The minimum Gasteiger partial charge on any atom is -0.497 e. The summed E-state index contributed by atoms with van der Waals surface area (Å²) in [6.07, 6.45) is 1.16. The lowest BCUT2D eigenvalue weighted by Crippen LogP contribution is -2.14. The summed E-state index contributed by atoms with van der Waals surface area (Å²) in [5.41, 5.74) is 6.49. The molecule has 0 saturated carbocycles. The molecule has 0 bridgehead atoms. The molecule has 0 radical (unpaired) electrons. The Labute approximate surface area is 128 Å². The van der Waals surface area contributed by atoms with Gasteiger partial charge >= 0.3 is 0 Å². The van der Waals surface area contributed by atoms with Crippen LogP contribution in [-0.2, 0) is 6.54 Å². The van der Waals surface area contributed by atoms with Crippen molar-refractivity contribution in [3.63, 3.8) is 0 Å². The number of methoxy groups -OCH3 is 1. The summed E-state index contributed by atoms with van der Waals surface area (Å²) in [7, 11) is 1.71. The smallest absolute Gasteiger partial charge is 0.119 e. The molecule has 0 aliphatic rings. The van der Waals surface area contributed by atoms with Crippen molar-refractivity contribution >= 4 is 0 Å². The number of hydrogen-bond acceptors (Lipinski definition) is 2. The maximum absolute atomic E-state index is 5.31. The molecule has 0 fully saturated rings. The van der Waals surface area contributed by atoms with Crippen molar-refractivity contribution in [1.29, 1.82) is 0 Å². The second-order valence-electron chi connectivity index (χ2n) is 5.52. The van der Waals surface area contributed by atoms with E-state index in [4.69, 9.17) is 4.74 Å². The van der Waals surface area contributed by atoms with Crippen LogP contribution in [-0.4, -0.2) is 13.7 Å². The third kappa shape index (κ3) is 3.85. The molecule has 2 heteroatoms. The van der Waals surface area contributed by atoms with Crippen molar-refractivity contribution < 1.29 is 4.74 Å². The van der Waals surface area contributed by atoms with Gasteiger partial charge in [-0.15, -0.1) is 0 Å². The average molecular weight is 283 g/mol. The monoisotopic (exact) mass is 283 g/mol. The van der Waals surface area contributed by atoms with Gasteiger partial charge < -0.3 is 10.1 Å². The standard InChI is InChI=1S/C19H25NO/c1-5-10-20-13-16-7-6-14(2)11-19(16)18-9-8-17(21-4)12-15(18)3/h6-9,11-12,20H,5,10,13H2,1-4H3. The van der Waals surface area contributed by atoms with Crippen LogP contribution in [0, 0.1) is 13.8 Å². The topological polar surface area (TPSA) is 21.3 Å². The number of ether oxygens (including phenoxy) is 1. The van der Waals surface area contributed by atoms with Gasteiger partial charge in [0.15, 0.2) is 0 Å². The molecule has 0 aliphatic carbocycles. The van der Waals surface area contributed by atoms with Gasteiger partial charge in [0.25, 0.3) is 0 Å². The van der Waals surface area contributed by atoms with Gasteiger partial charge in [-0.2, -0.15) is 0 Å². The Morgan fingerprint density at radius 1 is 1.00 bits per heavy atom. The van der Waals surface area contributed by atoms with E-state index in [1.165, 1.54) is 27.8 Å². The van der Waals surface area contributed by atoms with Crippen LogP contribution in [0.4, 0.5) is 0 Å². The van der Waals surface area contributed by atoms with E-state index in [-0.39, 0.29) is 0 Å². The molecule has 0 heterocycles. The Morgan fingerprint density at radius 2 is 1.81 bits per heavy atom. The molecule has 2 nitrogen and oxygen atoms in total. The minimum absolute atomic E-state index is 0.912. The van der Waals surface area contributed by atoms with Gasteiger partial charge in [-0.05, 0) is 61.2 Å². The zero-order chi connectivity index (χ0) is 15.2. The lowest BCUT2D eigenvalue weighted by Gasteiger charge is -2.14. The largest absolute Gasteiger partial charge is 0.497 e. The lowest BCUT2D eigenvalue weighted by atomic mass is 9.94. The highest BCUT2D eigenvalue weighted by Crippen LogP contribution is 2.30. The molecule has 0 atom stereocenters. The Balaban J connectivity index is 2.39. The van der Waals surface area contributed by atoms with Gasteiger partial charge in [0.2, 0.25) is 0 Å². The van der Waals surface area contributed by atoms with E-state index < -0.39 is 0 Å². The molecular weight excluding hydrogens is 258 g/mol. The van der Waals surface area contributed by atoms with E-state index in [1.807, 2.05) is 6.07 Å². The van der Waals surface area contributed by atoms with Crippen LogP contribution in [0.1, 0.15) is 30.0 Å². The van der Waals surface area contributed by atoms with Gasteiger partial charge in [-0.1, -0.05) is 36.8 Å². The molecule has 2 aromatic carbocycles. The van der Waals surface area contributed by atoms with Gasteiger partial charge in [-0.25, -0.2) is 0 Å². The summed E-state index contributed by atoms with van der Waals surface area (Å²) in [6, 6.07) is 13.0. The summed E-state index contributed by atoms with van der Waals surface area (Å²) in [6.45, 7) is 8.44. The van der Waals surface area contributed by atoms with Crippen molar-refractivity contribution in [2.24, 2.45) is 0 Å². The third-order valence-corrected chi connectivity index (χ3v) is 3.73. The summed E-state index contributed by atoms with van der Waals surface area (Å²) >= 11 is 0. The van der Waals surface area contributed by atoms with Crippen LogP contribution < -0.4 is 10.1 Å². The molecule has 0 aliphatic heterocycles. The van der Waals surface area contributed by atoms with Crippen molar-refractivity contribution in [2.45, 2.75) is 33.7 Å². The van der Waals surface area contributed by atoms with Crippen molar-refractivity contribution in [2.75, 3.05) is 13.7 Å². The van der Waals surface area contributed by atoms with Crippen molar-refractivity contribution in [3.05, 3.63) is 53.1 Å². The highest BCUT2D eigenvalue weighted by atomic mass is 16.5. The molecule has 0 unspecified atom stereocenters. The lowest BCUT2D eigenvalue weighted by molar-refractivity contribution is 0.414. The normalized spacial score (nSPS) is 10.7. The quantitative estimate of drug-likeness (QED) is 0.789. The predicted molar refractivity (Wildman–Crippen MR) is 89.9 cm³/mol. The molecule has 2 rings (SSSR count). The average Bonchev–Trinajstić information content (AvgIpc) is 2.49. The van der Waals surface area contributed by atoms with Gasteiger partial charge in [-0.3, -0.25) is 0 Å². The molecule has 1 N–H and O–H groups in total. The fraction of sp³-hybridized carbons (Fsp3) is 0.368. The van der Waals surface area contributed by atoms with Gasteiger partial charge in [0, 0.05) is 6.54 Å². The number of rotatable bonds is 6. The predicted octanol–water partition coefficient (Wildman–Crippen LogP) is 4.48. The van der Waals surface area contributed by atoms with E-state index >= 15 is 0 Å². The first kappa shape index (κ1) is 15.6. The van der Waals surface area contributed by atoms with E-state index in [0.717, 1.165) is 25.3 Å². The summed E-state index contributed by atoms with van der Waals surface area (Å²) in [5, 5.41) is 3.50. The van der Waals surface area contributed by atoms with E-state index in [0.29, 0.717) is 0 Å². The number of hydrogen-bond donors (Lipinski definition) is 1. The van der Waals surface area contributed by atoms with Crippen LogP contribution >= 0.6 is 0 Å². The summed E-state index contributed by atoms with van der Waals surface area (Å²) < 4.78 is 5.31. The summed E-state index contributed by atoms with van der Waals surface area (Å²) in [5.74, 6) is 0.912. The SMILES string of the molecule is CCCNCc1ccc(C)cc1-c1ccc(OC)cc1C. The van der Waals surface area contributed by atoms with Gasteiger partial charge in [0.1, 0.15) is 5.75 Å². The number of benzene rings is 2. The van der Waals surface area contributed by atoms with Crippen LogP contribution in [0.2, 0.25) is 0 Å². The number of nitrogens with one attached hydrogen (secondary N) is 1. The van der Waals surface area contributed by atoms with E-state index in [2.05, 4.69) is 56.4 Å². The maximum atomic E-state index is 5.31. The van der Waals surface area contributed by atoms with E-state index in [9.17, 15) is 0 Å². The molecule has 2 aromatic rings. The second kappa shape index (κ2) is 7.28. The Hall–Kier alpha value is -1.80. The first-order valence-corrected chi connectivity index (χ1v) is 7.61. The Bertz CT molecular complexity index is 605. The molecule has 0 spiro atoms. The Kier molecular flexibility index (Phi) is 5.40. The number of aryl methyl sites for hydroxylation is 2. The highest BCUT2D eigenvalue weighted by molar-refractivity contribution is 5.72. The maximum Gasteiger partial charge on any atom is 0.119 e. The fourth-order valence-electron chi connectivity index (χ4n) is 2.56. The molecule has 0 amide bonds. The molecule has 21 heavy (non-hydrogen) atoms. The molecule has 0 aromatic heterocycles. The van der Waals surface area contributed by atoms with Crippen molar-refractivity contribution in [3.8, 4) is 16.9 Å². The summed E-state index contributed by atoms with van der Waals surface area (Å²) in [4.78, 5) is 0. The van der Waals surface area contributed by atoms with Crippen LogP contribution in [0.3, 0.4) is 0 Å². The van der Waals surface area contributed by atoms with E-state index in [1.54, 1.807) is 7.11 Å². The first-order chi connectivity index (χ1) is 10.2. The van der Waals surface area contributed by atoms with Crippen LogP contribution in [0.25, 0.3) is 11.1 Å². The minimum atomic E-state index is 0.912. The zero-order valence-corrected chi connectivity index (χ0v) is 13.5. The molecular formula is C19H25NO.